The van der Waals surface area contributed by atoms with Gasteiger partial charge in [-0.05, 0) is 50.2 Å². The first-order valence-electron chi connectivity index (χ1n) is 9.33. The summed E-state index contributed by atoms with van der Waals surface area (Å²) in [6, 6.07) is 12.1. The molecule has 2 heterocycles. The summed E-state index contributed by atoms with van der Waals surface area (Å²) < 4.78 is 6.29. The van der Waals surface area contributed by atoms with Crippen LogP contribution in [-0.2, 0) is 10.3 Å². The van der Waals surface area contributed by atoms with Gasteiger partial charge in [-0.15, -0.1) is 0 Å². The number of carbonyl (C=O) groups is 3. The topological polar surface area (TPSA) is 91.5 Å². The molecule has 2 aromatic carbocycles. The monoisotopic (exact) mass is 469 g/mol. The molecule has 0 bridgehead atoms. The lowest BCUT2D eigenvalue weighted by Crippen LogP contribution is -2.42. The number of rotatable bonds is 5. The van der Waals surface area contributed by atoms with Crippen LogP contribution in [0.4, 0.5) is 4.79 Å². The number of benzene rings is 2. The second kappa shape index (κ2) is 7.28. The molecule has 1 aliphatic rings. The molecule has 154 valence electrons. The quantitative estimate of drug-likeness (QED) is 0.437. The summed E-state index contributed by atoms with van der Waals surface area (Å²) in [5, 5.41) is 3.59. The van der Waals surface area contributed by atoms with E-state index >= 15 is 0 Å². The Kier molecular flexibility index (Phi) is 4.89. The first-order chi connectivity index (χ1) is 14.2. The van der Waals surface area contributed by atoms with Gasteiger partial charge >= 0.3 is 6.03 Å². The molecule has 0 aliphatic carbocycles. The molecular formula is C22H20BrN3O4. The minimum absolute atomic E-state index is 0.338. The van der Waals surface area contributed by atoms with Crippen molar-refractivity contribution in [1.29, 1.82) is 0 Å². The van der Waals surface area contributed by atoms with E-state index in [1.807, 2.05) is 31.2 Å². The number of Topliss-reactive ketones (excluding diaryl/α,β-unsaturated/α-hetero) is 1. The van der Waals surface area contributed by atoms with Crippen LogP contribution in [0.2, 0.25) is 0 Å². The predicted molar refractivity (Wildman–Crippen MR) is 116 cm³/mol. The molecule has 1 unspecified atom stereocenters. The van der Waals surface area contributed by atoms with Crippen molar-refractivity contribution in [3.05, 3.63) is 63.8 Å². The van der Waals surface area contributed by atoms with Gasteiger partial charge in [0.1, 0.15) is 11.3 Å². The molecule has 3 amide bonds. The zero-order valence-corrected chi connectivity index (χ0v) is 18.3. The Morgan fingerprint density at radius 2 is 1.93 bits per heavy atom. The average molecular weight is 470 g/mol. The molecule has 1 atom stereocenters. The van der Waals surface area contributed by atoms with E-state index in [4.69, 9.17) is 4.74 Å². The first-order valence-corrected chi connectivity index (χ1v) is 10.1. The lowest BCUT2D eigenvalue weighted by molar-refractivity contribution is -0.130. The fourth-order valence-corrected chi connectivity index (χ4v) is 4.10. The van der Waals surface area contributed by atoms with Crippen LogP contribution < -0.4 is 10.1 Å². The summed E-state index contributed by atoms with van der Waals surface area (Å²) >= 11 is 3.40. The van der Waals surface area contributed by atoms with E-state index < -0.39 is 17.5 Å². The zero-order valence-electron chi connectivity index (χ0n) is 16.7. The van der Waals surface area contributed by atoms with E-state index in [1.165, 1.54) is 7.11 Å². The number of aromatic nitrogens is 1. The first kappa shape index (κ1) is 20.2. The molecule has 8 heteroatoms. The fourth-order valence-electron chi connectivity index (χ4n) is 3.72. The molecule has 0 radical (unpaired) electrons. The minimum atomic E-state index is -1.32. The smallest absolute Gasteiger partial charge is 0.325 e. The van der Waals surface area contributed by atoms with Gasteiger partial charge in [-0.2, -0.15) is 0 Å². The van der Waals surface area contributed by atoms with Crippen molar-refractivity contribution in [3.8, 4) is 5.75 Å². The van der Waals surface area contributed by atoms with Gasteiger partial charge in [-0.25, -0.2) is 4.79 Å². The highest BCUT2D eigenvalue weighted by Gasteiger charge is 2.50. The molecule has 0 spiro atoms. The van der Waals surface area contributed by atoms with E-state index in [1.54, 1.807) is 25.1 Å². The number of hydrogen-bond donors (Lipinski definition) is 2. The third kappa shape index (κ3) is 3.27. The summed E-state index contributed by atoms with van der Waals surface area (Å²) in [5.74, 6) is -0.360. The van der Waals surface area contributed by atoms with Gasteiger partial charge in [0.05, 0.1) is 19.3 Å². The maximum atomic E-state index is 13.2. The second-order valence-corrected chi connectivity index (χ2v) is 8.40. The molecule has 1 aliphatic heterocycles. The molecule has 2 N–H and O–H groups in total. The van der Waals surface area contributed by atoms with Crippen molar-refractivity contribution in [2.75, 3.05) is 13.7 Å². The normalized spacial score (nSPS) is 18.7. The molecule has 30 heavy (non-hydrogen) atoms. The summed E-state index contributed by atoms with van der Waals surface area (Å²) in [7, 11) is 1.51. The van der Waals surface area contributed by atoms with Crippen molar-refractivity contribution >= 4 is 44.6 Å². The standard InChI is InChI=1S/C22H20BrN3O4/c1-12-4-7-19(30-3)15(8-12)22(2)20(28)26(21(29)25-22)11-18(27)17-10-13-9-14(23)5-6-16(13)24-17/h4-10,24H,11H2,1-3H3,(H,25,29). The van der Waals surface area contributed by atoms with Crippen molar-refractivity contribution in [3.63, 3.8) is 0 Å². The second-order valence-electron chi connectivity index (χ2n) is 7.49. The van der Waals surface area contributed by atoms with Gasteiger partial charge in [0.15, 0.2) is 5.78 Å². The number of carbonyl (C=O) groups excluding carboxylic acids is 3. The van der Waals surface area contributed by atoms with Crippen LogP contribution in [0.3, 0.4) is 0 Å². The van der Waals surface area contributed by atoms with Gasteiger partial charge in [-0.3, -0.25) is 14.5 Å². The van der Waals surface area contributed by atoms with Crippen LogP contribution in [0.5, 0.6) is 5.75 Å². The third-order valence-corrected chi connectivity index (χ3v) is 5.85. The van der Waals surface area contributed by atoms with E-state index in [-0.39, 0.29) is 12.3 Å². The van der Waals surface area contributed by atoms with Crippen LogP contribution >= 0.6 is 15.9 Å². The zero-order chi connectivity index (χ0) is 21.6. The minimum Gasteiger partial charge on any atom is -0.496 e. The van der Waals surface area contributed by atoms with Gasteiger partial charge in [0.2, 0.25) is 0 Å². The van der Waals surface area contributed by atoms with Crippen molar-refractivity contribution in [2.45, 2.75) is 19.4 Å². The lowest BCUT2D eigenvalue weighted by atomic mass is 9.90. The molecule has 1 saturated heterocycles. The Labute approximate surface area is 181 Å². The number of methoxy groups -OCH3 is 1. The number of urea groups is 1. The number of halogens is 1. The molecule has 4 rings (SSSR count). The SMILES string of the molecule is COc1ccc(C)cc1C1(C)NC(=O)N(CC(=O)c2cc3cc(Br)ccc3[nH]2)C1=O. The number of ether oxygens (including phenoxy) is 1. The molecule has 3 aromatic rings. The van der Waals surface area contributed by atoms with Gasteiger partial charge in [0, 0.05) is 20.9 Å². The van der Waals surface area contributed by atoms with Gasteiger partial charge < -0.3 is 15.0 Å². The Morgan fingerprint density at radius 1 is 1.17 bits per heavy atom. The van der Waals surface area contributed by atoms with Gasteiger partial charge in [0.25, 0.3) is 5.91 Å². The Balaban J connectivity index is 1.62. The van der Waals surface area contributed by atoms with Crippen LogP contribution in [0.25, 0.3) is 10.9 Å². The van der Waals surface area contributed by atoms with Crippen molar-refractivity contribution < 1.29 is 19.1 Å². The molecule has 1 fully saturated rings. The van der Waals surface area contributed by atoms with E-state index in [9.17, 15) is 14.4 Å². The Morgan fingerprint density at radius 3 is 2.67 bits per heavy atom. The van der Waals surface area contributed by atoms with Crippen LogP contribution in [-0.4, -0.2) is 41.3 Å². The van der Waals surface area contributed by atoms with Crippen molar-refractivity contribution in [2.24, 2.45) is 0 Å². The summed E-state index contributed by atoms with van der Waals surface area (Å²) in [4.78, 5) is 42.7. The molecular weight excluding hydrogens is 450 g/mol. The number of hydrogen-bond acceptors (Lipinski definition) is 4. The number of nitrogens with one attached hydrogen (secondary N) is 2. The van der Waals surface area contributed by atoms with E-state index in [0.29, 0.717) is 17.0 Å². The number of H-pyrrole nitrogens is 1. The molecule has 0 saturated carbocycles. The van der Waals surface area contributed by atoms with Crippen LogP contribution in [0.15, 0.2) is 46.9 Å². The fraction of sp³-hybridized carbons (Fsp3) is 0.227. The van der Waals surface area contributed by atoms with Gasteiger partial charge in [-0.1, -0.05) is 27.6 Å². The number of aryl methyl sites for hydroxylation is 1. The largest absolute Gasteiger partial charge is 0.496 e. The highest BCUT2D eigenvalue weighted by molar-refractivity contribution is 9.10. The van der Waals surface area contributed by atoms with E-state index in [0.717, 1.165) is 25.8 Å². The number of aromatic amines is 1. The molecule has 7 nitrogen and oxygen atoms in total. The number of fused-ring (bicyclic) bond motifs is 1. The van der Waals surface area contributed by atoms with Crippen molar-refractivity contribution in [1.82, 2.24) is 15.2 Å². The Hall–Kier alpha value is -3.13. The third-order valence-electron chi connectivity index (χ3n) is 5.35. The van der Waals surface area contributed by atoms with Crippen LogP contribution in [0, 0.1) is 6.92 Å². The van der Waals surface area contributed by atoms with E-state index in [2.05, 4.69) is 26.2 Å². The summed E-state index contributed by atoms with van der Waals surface area (Å²) in [6.45, 7) is 3.15. The molecule has 1 aromatic heterocycles. The number of amides is 3. The lowest BCUT2D eigenvalue weighted by Gasteiger charge is -2.24. The Bertz CT molecular complexity index is 1200. The average Bonchev–Trinajstić information content (AvgIpc) is 3.22. The number of ketones is 1. The highest BCUT2D eigenvalue weighted by atomic mass is 79.9. The van der Waals surface area contributed by atoms with Crippen LogP contribution in [0.1, 0.15) is 28.5 Å². The number of nitrogens with zero attached hydrogens (tertiary/aromatic N) is 1. The summed E-state index contributed by atoms with van der Waals surface area (Å²) in [6.07, 6.45) is 0. The highest BCUT2D eigenvalue weighted by Crippen LogP contribution is 2.35. The predicted octanol–water partition coefficient (Wildman–Crippen LogP) is 3.90. The maximum absolute atomic E-state index is 13.2. The number of imide groups is 1. The maximum Gasteiger partial charge on any atom is 0.325 e. The summed E-state index contributed by atoms with van der Waals surface area (Å²) in [5.41, 5.74) is 1.29.